The van der Waals surface area contributed by atoms with Crippen molar-refractivity contribution in [1.82, 2.24) is 0 Å². The Balaban J connectivity index is 1.83. The van der Waals surface area contributed by atoms with Crippen molar-refractivity contribution >= 4 is 5.69 Å². The standard InChI is InChI=1S/C19H23NO2/c1-3-7-16-9-4-5-11-19(16)22-14-18(21)13-20-17-10-6-8-15(2)12-17/h3-6,8-12,18,20-21H,1,7,13-14H2,2H3. The number of para-hydroxylation sites is 1. The quantitative estimate of drug-likeness (QED) is 0.732. The van der Waals surface area contributed by atoms with E-state index in [1.165, 1.54) is 5.56 Å². The number of allylic oxidation sites excluding steroid dienone is 1. The van der Waals surface area contributed by atoms with Gasteiger partial charge in [0.1, 0.15) is 18.5 Å². The van der Waals surface area contributed by atoms with Gasteiger partial charge < -0.3 is 15.2 Å². The third-order valence-corrected chi connectivity index (χ3v) is 3.33. The van der Waals surface area contributed by atoms with Crippen molar-refractivity contribution < 1.29 is 9.84 Å². The van der Waals surface area contributed by atoms with Crippen LogP contribution in [-0.4, -0.2) is 24.4 Å². The summed E-state index contributed by atoms with van der Waals surface area (Å²) in [4.78, 5) is 0. The molecule has 0 saturated carbocycles. The van der Waals surface area contributed by atoms with Gasteiger partial charge in [0.25, 0.3) is 0 Å². The van der Waals surface area contributed by atoms with E-state index in [4.69, 9.17) is 4.74 Å². The van der Waals surface area contributed by atoms with Gasteiger partial charge in [-0.05, 0) is 42.7 Å². The maximum absolute atomic E-state index is 10.1. The summed E-state index contributed by atoms with van der Waals surface area (Å²) in [7, 11) is 0. The van der Waals surface area contributed by atoms with E-state index in [0.29, 0.717) is 6.54 Å². The molecule has 1 unspecified atom stereocenters. The lowest BCUT2D eigenvalue weighted by Crippen LogP contribution is -2.26. The molecule has 0 aliphatic heterocycles. The molecule has 0 saturated heterocycles. The second kappa shape index (κ2) is 8.25. The molecule has 0 radical (unpaired) electrons. The molecular weight excluding hydrogens is 274 g/mol. The molecule has 0 spiro atoms. The van der Waals surface area contributed by atoms with Crippen molar-refractivity contribution in [2.45, 2.75) is 19.4 Å². The molecule has 22 heavy (non-hydrogen) atoms. The third-order valence-electron chi connectivity index (χ3n) is 3.33. The maximum atomic E-state index is 10.1. The molecule has 2 aromatic rings. The third kappa shape index (κ3) is 4.93. The molecule has 0 amide bonds. The van der Waals surface area contributed by atoms with Gasteiger partial charge in [-0.1, -0.05) is 36.4 Å². The number of nitrogens with one attached hydrogen (secondary N) is 1. The molecule has 3 nitrogen and oxygen atoms in total. The smallest absolute Gasteiger partial charge is 0.122 e. The first-order valence-electron chi connectivity index (χ1n) is 7.49. The van der Waals surface area contributed by atoms with Gasteiger partial charge >= 0.3 is 0 Å². The lowest BCUT2D eigenvalue weighted by Gasteiger charge is -2.16. The highest BCUT2D eigenvalue weighted by atomic mass is 16.5. The van der Waals surface area contributed by atoms with Crippen LogP contribution in [-0.2, 0) is 6.42 Å². The van der Waals surface area contributed by atoms with E-state index in [1.54, 1.807) is 0 Å². The minimum atomic E-state index is -0.572. The zero-order valence-electron chi connectivity index (χ0n) is 13.0. The van der Waals surface area contributed by atoms with Crippen LogP contribution in [0.3, 0.4) is 0 Å². The summed E-state index contributed by atoms with van der Waals surface area (Å²) in [5.74, 6) is 0.803. The number of aliphatic hydroxyl groups excluding tert-OH is 1. The Morgan fingerprint density at radius 2 is 2.05 bits per heavy atom. The van der Waals surface area contributed by atoms with Crippen molar-refractivity contribution in [2.75, 3.05) is 18.5 Å². The number of benzene rings is 2. The van der Waals surface area contributed by atoms with E-state index in [2.05, 4.69) is 11.9 Å². The van der Waals surface area contributed by atoms with Gasteiger partial charge in [0, 0.05) is 12.2 Å². The van der Waals surface area contributed by atoms with Crippen LogP contribution < -0.4 is 10.1 Å². The van der Waals surface area contributed by atoms with E-state index in [-0.39, 0.29) is 6.61 Å². The average molecular weight is 297 g/mol. The molecule has 3 heteroatoms. The minimum Gasteiger partial charge on any atom is -0.491 e. The molecule has 1 atom stereocenters. The van der Waals surface area contributed by atoms with Crippen LogP contribution in [0.2, 0.25) is 0 Å². The van der Waals surface area contributed by atoms with Gasteiger partial charge in [-0.25, -0.2) is 0 Å². The molecule has 0 heterocycles. The van der Waals surface area contributed by atoms with Crippen LogP contribution >= 0.6 is 0 Å². The molecule has 2 N–H and O–H groups in total. The Morgan fingerprint density at radius 3 is 2.82 bits per heavy atom. The van der Waals surface area contributed by atoms with Gasteiger partial charge in [0.05, 0.1) is 0 Å². The first kappa shape index (κ1) is 16.1. The molecule has 0 aliphatic carbocycles. The highest BCUT2D eigenvalue weighted by Crippen LogP contribution is 2.19. The molecule has 2 rings (SSSR count). The average Bonchev–Trinajstić information content (AvgIpc) is 2.52. The monoisotopic (exact) mass is 297 g/mol. The second-order valence-electron chi connectivity index (χ2n) is 5.32. The summed E-state index contributed by atoms with van der Waals surface area (Å²) in [6.07, 6.45) is 2.03. The van der Waals surface area contributed by atoms with Crippen LogP contribution in [0.5, 0.6) is 5.75 Å². The summed E-state index contributed by atoms with van der Waals surface area (Å²) in [5, 5.41) is 13.3. The van der Waals surface area contributed by atoms with Gasteiger partial charge in [-0.15, -0.1) is 6.58 Å². The summed E-state index contributed by atoms with van der Waals surface area (Å²) in [6.45, 7) is 6.50. The fourth-order valence-corrected chi connectivity index (χ4v) is 2.20. The number of hydrogen-bond donors (Lipinski definition) is 2. The van der Waals surface area contributed by atoms with Crippen LogP contribution in [0.15, 0.2) is 61.2 Å². The topological polar surface area (TPSA) is 41.5 Å². The SMILES string of the molecule is C=CCc1ccccc1OCC(O)CNc1cccc(C)c1. The number of hydrogen-bond acceptors (Lipinski definition) is 3. The summed E-state index contributed by atoms with van der Waals surface area (Å²) >= 11 is 0. The Morgan fingerprint density at radius 1 is 1.23 bits per heavy atom. The zero-order chi connectivity index (χ0) is 15.8. The zero-order valence-corrected chi connectivity index (χ0v) is 13.0. The molecule has 0 bridgehead atoms. The summed E-state index contributed by atoms with van der Waals surface area (Å²) in [5.41, 5.74) is 3.27. The highest BCUT2D eigenvalue weighted by molar-refractivity contribution is 5.45. The molecule has 0 aliphatic rings. The molecule has 116 valence electrons. The minimum absolute atomic E-state index is 0.257. The summed E-state index contributed by atoms with van der Waals surface area (Å²) in [6, 6.07) is 15.9. The first-order valence-corrected chi connectivity index (χ1v) is 7.49. The number of ether oxygens (including phenoxy) is 1. The van der Waals surface area contributed by atoms with Crippen molar-refractivity contribution in [3.05, 3.63) is 72.3 Å². The van der Waals surface area contributed by atoms with E-state index in [1.807, 2.05) is 61.5 Å². The van der Waals surface area contributed by atoms with Crippen LogP contribution in [0, 0.1) is 6.92 Å². The van der Waals surface area contributed by atoms with Crippen LogP contribution in [0.4, 0.5) is 5.69 Å². The Hall–Kier alpha value is -2.26. The van der Waals surface area contributed by atoms with E-state index < -0.39 is 6.10 Å². The van der Waals surface area contributed by atoms with Crippen molar-refractivity contribution in [2.24, 2.45) is 0 Å². The van der Waals surface area contributed by atoms with Crippen LogP contribution in [0.25, 0.3) is 0 Å². The highest BCUT2D eigenvalue weighted by Gasteiger charge is 2.07. The van der Waals surface area contributed by atoms with Gasteiger partial charge in [0.2, 0.25) is 0 Å². The number of aliphatic hydroxyl groups is 1. The fraction of sp³-hybridized carbons (Fsp3) is 0.263. The van der Waals surface area contributed by atoms with E-state index in [9.17, 15) is 5.11 Å². The fourth-order valence-electron chi connectivity index (χ4n) is 2.20. The van der Waals surface area contributed by atoms with Crippen molar-refractivity contribution in [3.63, 3.8) is 0 Å². The summed E-state index contributed by atoms with van der Waals surface area (Å²) < 4.78 is 5.73. The number of aryl methyl sites for hydroxylation is 1. The number of anilines is 1. The van der Waals surface area contributed by atoms with Gasteiger partial charge in [-0.2, -0.15) is 0 Å². The normalized spacial score (nSPS) is 11.7. The molecule has 2 aromatic carbocycles. The molecular formula is C19H23NO2. The van der Waals surface area contributed by atoms with Crippen molar-refractivity contribution in [3.8, 4) is 5.75 Å². The molecule has 0 fully saturated rings. The maximum Gasteiger partial charge on any atom is 0.122 e. The first-order chi connectivity index (χ1) is 10.7. The Labute approximate surface area is 132 Å². The van der Waals surface area contributed by atoms with Gasteiger partial charge in [0.15, 0.2) is 0 Å². The van der Waals surface area contributed by atoms with Gasteiger partial charge in [-0.3, -0.25) is 0 Å². The lowest BCUT2D eigenvalue weighted by molar-refractivity contribution is 0.117. The predicted octanol–water partition coefficient (Wildman–Crippen LogP) is 3.58. The van der Waals surface area contributed by atoms with E-state index in [0.717, 1.165) is 23.4 Å². The van der Waals surface area contributed by atoms with Crippen LogP contribution in [0.1, 0.15) is 11.1 Å². The van der Waals surface area contributed by atoms with E-state index >= 15 is 0 Å². The second-order valence-corrected chi connectivity index (χ2v) is 5.32. The Kier molecular flexibility index (Phi) is 6.04. The lowest BCUT2D eigenvalue weighted by atomic mass is 10.1. The Bertz CT molecular complexity index is 610. The number of rotatable bonds is 8. The predicted molar refractivity (Wildman–Crippen MR) is 91.5 cm³/mol. The molecule has 0 aromatic heterocycles. The van der Waals surface area contributed by atoms with Crippen molar-refractivity contribution in [1.29, 1.82) is 0 Å². The largest absolute Gasteiger partial charge is 0.491 e.